The van der Waals surface area contributed by atoms with Crippen molar-refractivity contribution in [2.24, 2.45) is 0 Å². The van der Waals surface area contributed by atoms with Gasteiger partial charge >= 0.3 is 5.97 Å². The number of carbonyl (C=O) groups is 1. The maximum absolute atomic E-state index is 13.6. The molecule has 10 nitrogen and oxygen atoms in total. The molecule has 1 heterocycles. The SMILES string of the molecule is COc1ccccc1Oc1c(NS(=O)(=O)c2ccc(C(C)(C)C)cc2)nc(-c2ccccc2)nc1OCCC(=O)O. The lowest BCUT2D eigenvalue weighted by Gasteiger charge is -2.20. The highest BCUT2D eigenvalue weighted by Crippen LogP contribution is 2.41. The lowest BCUT2D eigenvalue weighted by atomic mass is 9.87. The number of nitrogens with one attached hydrogen (secondary N) is 1. The fourth-order valence-electron chi connectivity index (χ4n) is 3.77. The molecule has 0 saturated carbocycles. The van der Waals surface area contributed by atoms with E-state index in [0.717, 1.165) is 5.56 Å². The van der Waals surface area contributed by atoms with Crippen LogP contribution in [0.1, 0.15) is 32.8 Å². The molecule has 4 rings (SSSR count). The molecule has 3 aromatic carbocycles. The van der Waals surface area contributed by atoms with Gasteiger partial charge in [0.15, 0.2) is 23.1 Å². The fraction of sp³-hybridized carbons (Fsp3) is 0.233. The van der Waals surface area contributed by atoms with E-state index >= 15 is 0 Å². The van der Waals surface area contributed by atoms with Gasteiger partial charge in [-0.3, -0.25) is 9.52 Å². The molecule has 11 heteroatoms. The van der Waals surface area contributed by atoms with Crippen LogP contribution in [-0.2, 0) is 20.2 Å². The molecule has 1 aromatic heterocycles. The number of anilines is 1. The second-order valence-corrected chi connectivity index (χ2v) is 11.7. The second-order valence-electron chi connectivity index (χ2n) is 10.0. The van der Waals surface area contributed by atoms with E-state index in [0.29, 0.717) is 11.3 Å². The smallest absolute Gasteiger partial charge is 0.306 e. The molecule has 4 aromatic rings. The van der Waals surface area contributed by atoms with E-state index < -0.39 is 16.0 Å². The van der Waals surface area contributed by atoms with Crippen molar-refractivity contribution in [1.82, 2.24) is 9.97 Å². The topological polar surface area (TPSA) is 137 Å². The highest BCUT2D eigenvalue weighted by molar-refractivity contribution is 7.92. The normalized spacial score (nSPS) is 11.5. The molecule has 0 aliphatic carbocycles. The summed E-state index contributed by atoms with van der Waals surface area (Å²) in [7, 11) is -2.69. The van der Waals surface area contributed by atoms with Crippen molar-refractivity contribution in [3.05, 3.63) is 84.4 Å². The lowest BCUT2D eigenvalue weighted by molar-refractivity contribution is -0.137. The first-order valence-electron chi connectivity index (χ1n) is 12.7. The Hall–Kier alpha value is -4.64. The molecule has 2 N–H and O–H groups in total. The Balaban J connectivity index is 1.85. The van der Waals surface area contributed by atoms with Crippen LogP contribution in [-0.4, -0.2) is 43.2 Å². The van der Waals surface area contributed by atoms with Gasteiger partial charge in [0.05, 0.1) is 18.4 Å². The van der Waals surface area contributed by atoms with Crippen LogP contribution < -0.4 is 18.9 Å². The first-order valence-corrected chi connectivity index (χ1v) is 14.2. The van der Waals surface area contributed by atoms with Crippen molar-refractivity contribution in [2.75, 3.05) is 18.4 Å². The van der Waals surface area contributed by atoms with Gasteiger partial charge in [0.1, 0.15) is 6.61 Å². The molecule has 0 atom stereocenters. The number of methoxy groups -OCH3 is 1. The largest absolute Gasteiger partial charge is 0.493 e. The van der Waals surface area contributed by atoms with E-state index in [1.807, 2.05) is 26.8 Å². The van der Waals surface area contributed by atoms with Crippen molar-refractivity contribution in [3.63, 3.8) is 0 Å². The van der Waals surface area contributed by atoms with E-state index in [4.69, 9.17) is 19.3 Å². The van der Waals surface area contributed by atoms with Gasteiger partial charge in [0.2, 0.25) is 5.75 Å². The maximum Gasteiger partial charge on any atom is 0.306 e. The van der Waals surface area contributed by atoms with Crippen molar-refractivity contribution >= 4 is 21.8 Å². The van der Waals surface area contributed by atoms with Crippen LogP contribution in [0.4, 0.5) is 5.82 Å². The van der Waals surface area contributed by atoms with E-state index in [2.05, 4.69) is 14.7 Å². The fourth-order valence-corrected chi connectivity index (χ4v) is 4.78. The molecule has 0 radical (unpaired) electrons. The lowest BCUT2D eigenvalue weighted by Crippen LogP contribution is -2.17. The molecule has 41 heavy (non-hydrogen) atoms. The summed E-state index contributed by atoms with van der Waals surface area (Å²) in [5.41, 5.74) is 1.39. The molecule has 0 saturated heterocycles. The van der Waals surface area contributed by atoms with Crippen molar-refractivity contribution in [1.29, 1.82) is 0 Å². The zero-order valence-electron chi connectivity index (χ0n) is 23.1. The standard InChI is InChI=1S/C30H31N3O7S/c1-30(2,3)21-14-16-22(17-15-21)41(36,37)33-28-26(40-24-13-9-8-12-23(24)38-4)29(39-19-18-25(34)35)32-27(31-28)20-10-6-5-7-11-20/h5-17H,18-19H2,1-4H3,(H,34,35)(H,31,32,33). The first-order chi connectivity index (χ1) is 19.5. The van der Waals surface area contributed by atoms with E-state index in [1.54, 1.807) is 60.7 Å². The Bertz CT molecular complexity index is 1620. The van der Waals surface area contributed by atoms with Gasteiger partial charge < -0.3 is 19.3 Å². The summed E-state index contributed by atoms with van der Waals surface area (Å²) in [6, 6.07) is 22.2. The molecule has 0 bridgehead atoms. The number of aromatic nitrogens is 2. The predicted octanol–water partition coefficient (Wildman–Crippen LogP) is 5.90. The summed E-state index contributed by atoms with van der Waals surface area (Å²) in [4.78, 5) is 20.2. The molecule has 0 unspecified atom stereocenters. The predicted molar refractivity (Wildman–Crippen MR) is 154 cm³/mol. The number of sulfonamides is 1. The molecule has 214 valence electrons. The minimum Gasteiger partial charge on any atom is -0.493 e. The summed E-state index contributed by atoms with van der Waals surface area (Å²) in [5.74, 6) is -0.832. The molecule has 0 aliphatic rings. The Morgan fingerprint density at radius 1 is 0.902 bits per heavy atom. The Morgan fingerprint density at radius 2 is 1.54 bits per heavy atom. The number of hydrogen-bond acceptors (Lipinski definition) is 8. The minimum atomic E-state index is -4.16. The van der Waals surface area contributed by atoms with Crippen LogP contribution >= 0.6 is 0 Å². The number of carboxylic acid groups (broad SMARTS) is 1. The molecule has 0 amide bonds. The third-order valence-electron chi connectivity index (χ3n) is 5.96. The summed E-state index contributed by atoms with van der Waals surface area (Å²) < 4.78 is 46.9. The molecular weight excluding hydrogens is 546 g/mol. The molecule has 0 fully saturated rings. The maximum atomic E-state index is 13.6. The van der Waals surface area contributed by atoms with Gasteiger partial charge in [-0.2, -0.15) is 4.98 Å². The van der Waals surface area contributed by atoms with Crippen molar-refractivity contribution in [2.45, 2.75) is 37.5 Å². The summed E-state index contributed by atoms with van der Waals surface area (Å²) in [6.45, 7) is 5.86. The first kappa shape index (κ1) is 29.3. The monoisotopic (exact) mass is 577 g/mol. The van der Waals surface area contributed by atoms with Gasteiger partial charge in [0.25, 0.3) is 15.9 Å². The van der Waals surface area contributed by atoms with Crippen LogP contribution in [0.5, 0.6) is 23.1 Å². The number of nitrogens with zero attached hydrogens (tertiary/aromatic N) is 2. The van der Waals surface area contributed by atoms with Gasteiger partial charge in [-0.1, -0.05) is 75.4 Å². The average Bonchev–Trinajstić information content (AvgIpc) is 2.94. The number of benzene rings is 3. The van der Waals surface area contributed by atoms with E-state index in [9.17, 15) is 13.2 Å². The van der Waals surface area contributed by atoms with Crippen LogP contribution in [0.25, 0.3) is 11.4 Å². The van der Waals surface area contributed by atoms with Crippen LogP contribution in [0.3, 0.4) is 0 Å². The number of aliphatic carboxylic acids is 1. The Morgan fingerprint density at radius 3 is 2.15 bits per heavy atom. The van der Waals surface area contributed by atoms with Crippen LogP contribution in [0.2, 0.25) is 0 Å². The summed E-state index contributed by atoms with van der Waals surface area (Å²) in [5, 5.41) is 9.15. The Kier molecular flexibility index (Phi) is 8.77. The molecule has 0 spiro atoms. The zero-order chi connectivity index (χ0) is 29.6. The zero-order valence-corrected chi connectivity index (χ0v) is 23.9. The number of rotatable bonds is 11. The second kappa shape index (κ2) is 12.3. The highest BCUT2D eigenvalue weighted by atomic mass is 32.2. The van der Waals surface area contributed by atoms with Gasteiger partial charge in [0, 0.05) is 5.56 Å². The Labute approximate surface area is 239 Å². The number of ether oxygens (including phenoxy) is 3. The number of para-hydroxylation sites is 2. The van der Waals surface area contributed by atoms with Crippen molar-refractivity contribution < 1.29 is 32.5 Å². The number of carboxylic acids is 1. The summed E-state index contributed by atoms with van der Waals surface area (Å²) in [6.07, 6.45) is -0.319. The third-order valence-corrected chi connectivity index (χ3v) is 7.32. The van der Waals surface area contributed by atoms with Gasteiger partial charge in [-0.25, -0.2) is 13.4 Å². The molecule has 0 aliphatic heterocycles. The van der Waals surface area contributed by atoms with E-state index in [-0.39, 0.29) is 52.4 Å². The molecular formula is C30H31N3O7S. The van der Waals surface area contributed by atoms with Gasteiger partial charge in [-0.15, -0.1) is 0 Å². The summed E-state index contributed by atoms with van der Waals surface area (Å²) >= 11 is 0. The average molecular weight is 578 g/mol. The van der Waals surface area contributed by atoms with E-state index in [1.165, 1.54) is 19.2 Å². The van der Waals surface area contributed by atoms with Crippen LogP contribution in [0.15, 0.2) is 83.8 Å². The van der Waals surface area contributed by atoms with Crippen molar-refractivity contribution in [3.8, 4) is 34.5 Å². The quantitative estimate of drug-likeness (QED) is 0.223. The minimum absolute atomic E-state index is 0.0157. The van der Waals surface area contributed by atoms with Crippen LogP contribution in [0, 0.1) is 0 Å². The number of hydrogen-bond donors (Lipinski definition) is 2. The third kappa shape index (κ3) is 7.31. The highest BCUT2D eigenvalue weighted by Gasteiger charge is 2.26. The van der Waals surface area contributed by atoms with Gasteiger partial charge in [-0.05, 0) is 35.2 Å².